The molecular weight excluding hydrogens is 438 g/mol. The molecule has 30 heavy (non-hydrogen) atoms. The minimum atomic E-state index is -2.46. The van der Waals surface area contributed by atoms with E-state index in [1.54, 1.807) is 0 Å². The highest BCUT2D eigenvalue weighted by atomic mass is 19.2. The van der Waals surface area contributed by atoms with E-state index in [1.807, 2.05) is 0 Å². The van der Waals surface area contributed by atoms with E-state index in [2.05, 4.69) is 0 Å². The predicted octanol–water partition coefficient (Wildman–Crippen LogP) is 4.04. The van der Waals surface area contributed by atoms with E-state index in [0.29, 0.717) is 9.80 Å². The smallest absolute Gasteiger partial charge is 0.260 e. The van der Waals surface area contributed by atoms with Crippen molar-refractivity contribution in [2.24, 2.45) is 0 Å². The van der Waals surface area contributed by atoms with E-state index in [4.69, 9.17) is 0 Å². The molecule has 1 amide bonds. The maximum Gasteiger partial charge on any atom is 0.260 e. The van der Waals surface area contributed by atoms with E-state index in [-0.39, 0.29) is 0 Å². The predicted molar refractivity (Wildman–Crippen MR) is 80.6 cm³/mol. The van der Waals surface area contributed by atoms with Gasteiger partial charge < -0.3 is 9.80 Å². The first kappa shape index (κ1) is 21.7. The van der Waals surface area contributed by atoms with Crippen LogP contribution in [-0.4, -0.2) is 37.0 Å². The molecule has 1 aliphatic rings. The van der Waals surface area contributed by atoms with Crippen molar-refractivity contribution in [1.29, 1.82) is 0 Å². The van der Waals surface area contributed by atoms with Crippen molar-refractivity contribution in [3.63, 3.8) is 0 Å². The Morgan fingerprint density at radius 3 is 1.23 bits per heavy atom. The van der Waals surface area contributed by atoms with Gasteiger partial charge in [-0.1, -0.05) is 0 Å². The van der Waals surface area contributed by atoms with Crippen molar-refractivity contribution >= 4 is 11.6 Å². The quantitative estimate of drug-likeness (QED) is 0.395. The first-order valence-electron chi connectivity index (χ1n) is 8.06. The lowest BCUT2D eigenvalue weighted by Gasteiger charge is -2.36. The first-order chi connectivity index (χ1) is 14.0. The topological polar surface area (TPSA) is 23.6 Å². The molecule has 0 N–H and O–H groups in total. The van der Waals surface area contributed by atoms with Crippen LogP contribution < -0.4 is 4.90 Å². The van der Waals surface area contributed by atoms with Gasteiger partial charge in [0.25, 0.3) is 5.91 Å². The summed E-state index contributed by atoms with van der Waals surface area (Å²) in [7, 11) is 0. The number of piperazine rings is 1. The zero-order chi connectivity index (χ0) is 22.5. The number of halogens is 10. The summed E-state index contributed by atoms with van der Waals surface area (Å²) in [6.07, 6.45) is 0. The molecular formula is C17H8F10N2O. The van der Waals surface area contributed by atoms with Crippen molar-refractivity contribution in [2.45, 2.75) is 0 Å². The van der Waals surface area contributed by atoms with Crippen LogP contribution in [0.15, 0.2) is 0 Å². The van der Waals surface area contributed by atoms with Crippen molar-refractivity contribution in [3.05, 3.63) is 63.7 Å². The van der Waals surface area contributed by atoms with Crippen molar-refractivity contribution in [3.8, 4) is 0 Å². The number of amides is 1. The molecule has 0 spiro atoms. The highest BCUT2D eigenvalue weighted by Crippen LogP contribution is 2.31. The van der Waals surface area contributed by atoms with Gasteiger partial charge in [0.05, 0.1) is 0 Å². The van der Waals surface area contributed by atoms with E-state index in [0.717, 1.165) is 0 Å². The molecule has 0 saturated carbocycles. The largest absolute Gasteiger partial charge is 0.363 e. The Kier molecular flexibility index (Phi) is 5.56. The number of carbonyl (C=O) groups is 1. The van der Waals surface area contributed by atoms with Crippen molar-refractivity contribution in [2.75, 3.05) is 31.1 Å². The Hall–Kier alpha value is -2.99. The fourth-order valence-corrected chi connectivity index (χ4v) is 2.95. The zero-order valence-electron chi connectivity index (χ0n) is 14.4. The van der Waals surface area contributed by atoms with Gasteiger partial charge in [0.15, 0.2) is 46.5 Å². The van der Waals surface area contributed by atoms with Crippen LogP contribution in [0, 0.1) is 58.2 Å². The molecule has 0 bridgehead atoms. The van der Waals surface area contributed by atoms with Gasteiger partial charge in [-0.2, -0.15) is 0 Å². The fraction of sp³-hybridized carbons (Fsp3) is 0.235. The van der Waals surface area contributed by atoms with E-state index < -0.39 is 102 Å². The Labute approximate surface area is 161 Å². The summed E-state index contributed by atoms with van der Waals surface area (Å²) in [4.78, 5) is 13.5. The Morgan fingerprint density at radius 1 is 0.500 bits per heavy atom. The molecule has 0 aromatic heterocycles. The maximum atomic E-state index is 13.9. The van der Waals surface area contributed by atoms with Crippen LogP contribution in [0.2, 0.25) is 0 Å². The summed E-state index contributed by atoms with van der Waals surface area (Å²) in [6, 6.07) is 0. The molecule has 1 aliphatic heterocycles. The van der Waals surface area contributed by atoms with Gasteiger partial charge in [-0.05, 0) is 0 Å². The third-order valence-corrected chi connectivity index (χ3v) is 4.49. The molecule has 1 saturated heterocycles. The van der Waals surface area contributed by atoms with Crippen LogP contribution in [0.4, 0.5) is 49.6 Å². The Bertz CT molecular complexity index is 992. The molecule has 1 fully saturated rings. The van der Waals surface area contributed by atoms with Crippen molar-refractivity contribution in [1.82, 2.24) is 4.90 Å². The summed E-state index contributed by atoms with van der Waals surface area (Å²) < 4.78 is 135. The molecule has 0 aliphatic carbocycles. The molecule has 2 aromatic rings. The molecule has 0 radical (unpaired) electrons. The standard InChI is InChI=1S/C17H8F10N2O/c18-6-5(7(19)9(21)10(22)8(6)20)17(30)29-3-1-28(2-4-29)16-14(26)12(24)11(23)13(25)15(16)27/h1-4H2. The summed E-state index contributed by atoms with van der Waals surface area (Å²) in [6.45, 7) is -2.26. The van der Waals surface area contributed by atoms with Gasteiger partial charge in [-0.15, -0.1) is 0 Å². The van der Waals surface area contributed by atoms with Crippen LogP contribution in [0.5, 0.6) is 0 Å². The van der Waals surface area contributed by atoms with Crippen LogP contribution >= 0.6 is 0 Å². The van der Waals surface area contributed by atoms with Crippen LogP contribution in [-0.2, 0) is 0 Å². The van der Waals surface area contributed by atoms with Crippen LogP contribution in [0.1, 0.15) is 10.4 Å². The number of hydrogen-bond acceptors (Lipinski definition) is 2. The number of carbonyl (C=O) groups excluding carboxylic acids is 1. The molecule has 2 aromatic carbocycles. The molecule has 1 heterocycles. The van der Waals surface area contributed by atoms with Gasteiger partial charge >= 0.3 is 0 Å². The molecule has 0 atom stereocenters. The molecule has 3 rings (SSSR count). The SMILES string of the molecule is O=C(c1c(F)c(F)c(F)c(F)c1F)N1CCN(c2c(F)c(F)c(F)c(F)c2F)CC1. The van der Waals surface area contributed by atoms with E-state index in [1.165, 1.54) is 0 Å². The third-order valence-electron chi connectivity index (χ3n) is 4.49. The Balaban J connectivity index is 1.87. The molecule has 13 heteroatoms. The average molecular weight is 446 g/mol. The average Bonchev–Trinajstić information content (AvgIpc) is 2.74. The first-order valence-corrected chi connectivity index (χ1v) is 8.06. The second kappa shape index (κ2) is 7.69. The summed E-state index contributed by atoms with van der Waals surface area (Å²) >= 11 is 0. The van der Waals surface area contributed by atoms with E-state index >= 15 is 0 Å². The van der Waals surface area contributed by atoms with Crippen LogP contribution in [0.25, 0.3) is 0 Å². The zero-order valence-corrected chi connectivity index (χ0v) is 14.4. The number of rotatable bonds is 2. The number of anilines is 1. The highest BCUT2D eigenvalue weighted by molar-refractivity contribution is 5.95. The van der Waals surface area contributed by atoms with Gasteiger partial charge in [0, 0.05) is 26.2 Å². The second-order valence-corrected chi connectivity index (χ2v) is 6.14. The second-order valence-electron chi connectivity index (χ2n) is 6.14. The Morgan fingerprint density at radius 2 is 0.833 bits per heavy atom. The lowest BCUT2D eigenvalue weighted by Crippen LogP contribution is -2.50. The molecule has 0 unspecified atom stereocenters. The lowest BCUT2D eigenvalue weighted by atomic mass is 10.1. The lowest BCUT2D eigenvalue weighted by molar-refractivity contribution is 0.0733. The highest BCUT2D eigenvalue weighted by Gasteiger charge is 2.35. The summed E-state index contributed by atoms with van der Waals surface area (Å²) in [5.74, 6) is -24.4. The van der Waals surface area contributed by atoms with Gasteiger partial charge in [-0.25, -0.2) is 43.9 Å². The normalized spacial score (nSPS) is 14.5. The summed E-state index contributed by atoms with van der Waals surface area (Å²) in [5.41, 5.74) is -2.99. The van der Waals surface area contributed by atoms with Gasteiger partial charge in [0.2, 0.25) is 11.6 Å². The number of nitrogens with zero attached hydrogens (tertiary/aromatic N) is 2. The number of hydrogen-bond donors (Lipinski definition) is 0. The molecule has 162 valence electrons. The maximum absolute atomic E-state index is 13.9. The fourth-order valence-electron chi connectivity index (χ4n) is 2.95. The van der Waals surface area contributed by atoms with Crippen molar-refractivity contribution < 1.29 is 48.7 Å². The van der Waals surface area contributed by atoms with E-state index in [9.17, 15) is 48.7 Å². The monoisotopic (exact) mass is 446 g/mol. The third kappa shape index (κ3) is 3.21. The minimum absolute atomic E-state index is 0.556. The van der Waals surface area contributed by atoms with Gasteiger partial charge in [0.1, 0.15) is 11.3 Å². The van der Waals surface area contributed by atoms with Crippen LogP contribution in [0.3, 0.4) is 0 Å². The summed E-state index contributed by atoms with van der Waals surface area (Å²) in [5, 5.41) is 0. The van der Waals surface area contributed by atoms with Gasteiger partial charge in [-0.3, -0.25) is 4.79 Å². The molecule has 3 nitrogen and oxygen atoms in total. The minimum Gasteiger partial charge on any atom is -0.363 e. The number of benzene rings is 2.